The summed E-state index contributed by atoms with van der Waals surface area (Å²) in [6, 6.07) is 13.7. The summed E-state index contributed by atoms with van der Waals surface area (Å²) >= 11 is 0. The first kappa shape index (κ1) is 19.9. The molecule has 140 valence electrons. The number of primary sulfonamides is 1. The first-order valence-corrected chi connectivity index (χ1v) is 9.87. The second-order valence-corrected chi connectivity index (χ2v) is 7.95. The van der Waals surface area contributed by atoms with Crippen molar-refractivity contribution in [2.45, 2.75) is 44.2 Å². The van der Waals surface area contributed by atoms with Gasteiger partial charge in [0, 0.05) is 6.54 Å². The molecule has 0 fully saturated rings. The molecule has 2 aromatic rings. The van der Waals surface area contributed by atoms with Gasteiger partial charge in [0.05, 0.1) is 4.90 Å². The van der Waals surface area contributed by atoms with E-state index in [4.69, 9.17) is 9.88 Å². The second-order valence-electron chi connectivity index (χ2n) is 6.39. The van der Waals surface area contributed by atoms with Gasteiger partial charge in [0.1, 0.15) is 5.75 Å². The molecule has 0 radical (unpaired) electrons. The van der Waals surface area contributed by atoms with Crippen molar-refractivity contribution in [3.05, 3.63) is 59.7 Å². The van der Waals surface area contributed by atoms with Crippen LogP contribution >= 0.6 is 0 Å². The van der Waals surface area contributed by atoms with Gasteiger partial charge in [-0.05, 0) is 48.2 Å². The van der Waals surface area contributed by atoms with Gasteiger partial charge in [-0.15, -0.1) is 0 Å². The molecule has 1 amide bonds. The van der Waals surface area contributed by atoms with Crippen molar-refractivity contribution in [2.24, 2.45) is 5.14 Å². The highest BCUT2D eigenvalue weighted by Crippen LogP contribution is 2.19. The number of amides is 1. The highest BCUT2D eigenvalue weighted by Gasteiger charge is 2.15. The van der Waals surface area contributed by atoms with Crippen molar-refractivity contribution >= 4 is 15.9 Å². The van der Waals surface area contributed by atoms with Crippen molar-refractivity contribution < 1.29 is 17.9 Å². The maximum Gasteiger partial charge on any atom is 0.261 e. The normalized spacial score (nSPS) is 12.7. The number of carbonyl (C=O) groups excluding carboxylic acids is 1. The lowest BCUT2D eigenvalue weighted by atomic mass is 10.0. The highest BCUT2D eigenvalue weighted by atomic mass is 32.2. The number of carbonyl (C=O) groups is 1. The first-order chi connectivity index (χ1) is 12.2. The van der Waals surface area contributed by atoms with E-state index in [1.54, 1.807) is 19.1 Å². The fraction of sp³-hybridized carbons (Fsp3) is 0.316. The summed E-state index contributed by atoms with van der Waals surface area (Å²) in [6.45, 7) is 6.17. The summed E-state index contributed by atoms with van der Waals surface area (Å²) in [7, 11) is -3.71. The third-order valence-corrected chi connectivity index (χ3v) is 4.88. The van der Waals surface area contributed by atoms with Crippen LogP contribution < -0.4 is 15.2 Å². The van der Waals surface area contributed by atoms with Crippen LogP contribution in [0, 0.1) is 0 Å². The van der Waals surface area contributed by atoms with Crippen molar-refractivity contribution in [2.75, 3.05) is 0 Å². The van der Waals surface area contributed by atoms with E-state index in [1.807, 2.05) is 24.3 Å². The van der Waals surface area contributed by atoms with E-state index in [0.29, 0.717) is 11.7 Å². The first-order valence-electron chi connectivity index (χ1n) is 8.33. The SMILES string of the molecule is CC(Oc1ccc(C(C)C)cc1)C(=O)NCc1ccc(S(N)(=O)=O)cc1. The van der Waals surface area contributed by atoms with E-state index in [1.165, 1.54) is 17.7 Å². The Labute approximate surface area is 154 Å². The van der Waals surface area contributed by atoms with Crippen LogP contribution in [0.15, 0.2) is 53.4 Å². The molecule has 0 aliphatic carbocycles. The molecule has 0 aliphatic heterocycles. The molecule has 2 rings (SSSR count). The summed E-state index contributed by atoms with van der Waals surface area (Å²) in [5, 5.41) is 7.82. The molecule has 0 saturated heterocycles. The molecule has 0 aromatic heterocycles. The van der Waals surface area contributed by atoms with E-state index in [2.05, 4.69) is 19.2 Å². The monoisotopic (exact) mass is 376 g/mol. The molecule has 1 atom stereocenters. The lowest BCUT2D eigenvalue weighted by Gasteiger charge is -2.15. The number of hydrogen-bond acceptors (Lipinski definition) is 4. The average Bonchev–Trinajstić information content (AvgIpc) is 2.59. The Kier molecular flexibility index (Phi) is 6.39. The van der Waals surface area contributed by atoms with Gasteiger partial charge in [0.2, 0.25) is 10.0 Å². The zero-order valence-electron chi connectivity index (χ0n) is 15.1. The Hall–Kier alpha value is -2.38. The zero-order valence-corrected chi connectivity index (χ0v) is 15.9. The minimum atomic E-state index is -3.71. The summed E-state index contributed by atoms with van der Waals surface area (Å²) in [6.07, 6.45) is -0.649. The molecule has 6 nitrogen and oxygen atoms in total. The predicted molar refractivity (Wildman–Crippen MR) is 100 cm³/mol. The summed E-state index contributed by atoms with van der Waals surface area (Å²) in [4.78, 5) is 12.2. The third-order valence-electron chi connectivity index (χ3n) is 3.95. The van der Waals surface area contributed by atoms with Crippen molar-refractivity contribution in [3.8, 4) is 5.75 Å². The van der Waals surface area contributed by atoms with Gasteiger partial charge in [-0.1, -0.05) is 38.1 Å². The van der Waals surface area contributed by atoms with E-state index in [0.717, 1.165) is 5.56 Å². The topological polar surface area (TPSA) is 98.5 Å². The molecule has 7 heteroatoms. The van der Waals surface area contributed by atoms with Crippen LogP contribution in [0.4, 0.5) is 0 Å². The molecule has 3 N–H and O–H groups in total. The van der Waals surface area contributed by atoms with Gasteiger partial charge in [0.25, 0.3) is 5.91 Å². The molecule has 26 heavy (non-hydrogen) atoms. The third kappa shape index (κ3) is 5.57. The van der Waals surface area contributed by atoms with Crippen LogP contribution in [0.3, 0.4) is 0 Å². The van der Waals surface area contributed by atoms with Crippen LogP contribution in [0.2, 0.25) is 0 Å². The Morgan fingerprint density at radius 2 is 1.62 bits per heavy atom. The molecule has 0 heterocycles. The Bertz CT molecular complexity index is 844. The molecule has 0 saturated carbocycles. The summed E-state index contributed by atoms with van der Waals surface area (Å²) in [5.74, 6) is 0.813. The van der Waals surface area contributed by atoms with Crippen LogP contribution in [0.25, 0.3) is 0 Å². The molecular formula is C19H24N2O4S. The molecule has 0 aliphatic rings. The van der Waals surface area contributed by atoms with Crippen molar-refractivity contribution in [3.63, 3.8) is 0 Å². The molecule has 1 unspecified atom stereocenters. The standard InChI is InChI=1S/C19H24N2O4S/c1-13(2)16-6-8-17(9-7-16)25-14(3)19(22)21-12-15-4-10-18(11-5-15)26(20,23)24/h4-11,13-14H,12H2,1-3H3,(H,21,22)(H2,20,23,24). The van der Waals surface area contributed by atoms with Gasteiger partial charge in [-0.2, -0.15) is 0 Å². The van der Waals surface area contributed by atoms with Gasteiger partial charge in [0.15, 0.2) is 6.10 Å². The van der Waals surface area contributed by atoms with Gasteiger partial charge >= 0.3 is 0 Å². The molecule has 0 bridgehead atoms. The number of hydrogen-bond donors (Lipinski definition) is 2. The number of ether oxygens (including phenoxy) is 1. The smallest absolute Gasteiger partial charge is 0.261 e. The summed E-state index contributed by atoms with van der Waals surface area (Å²) in [5.41, 5.74) is 1.97. The Balaban J connectivity index is 1.88. The fourth-order valence-electron chi connectivity index (χ4n) is 2.32. The summed E-state index contributed by atoms with van der Waals surface area (Å²) < 4.78 is 28.1. The van der Waals surface area contributed by atoms with Gasteiger partial charge < -0.3 is 10.1 Å². The minimum Gasteiger partial charge on any atom is -0.481 e. The van der Waals surface area contributed by atoms with E-state index in [-0.39, 0.29) is 17.3 Å². The van der Waals surface area contributed by atoms with Gasteiger partial charge in [-0.3, -0.25) is 4.79 Å². The lowest BCUT2D eigenvalue weighted by Crippen LogP contribution is -2.35. The van der Waals surface area contributed by atoms with E-state index < -0.39 is 16.1 Å². The van der Waals surface area contributed by atoms with Crippen LogP contribution in [-0.4, -0.2) is 20.4 Å². The molecule has 0 spiro atoms. The lowest BCUT2D eigenvalue weighted by molar-refractivity contribution is -0.127. The van der Waals surface area contributed by atoms with Crippen molar-refractivity contribution in [1.29, 1.82) is 0 Å². The number of benzene rings is 2. The number of nitrogens with one attached hydrogen (secondary N) is 1. The molecule has 2 aromatic carbocycles. The largest absolute Gasteiger partial charge is 0.481 e. The fourth-order valence-corrected chi connectivity index (χ4v) is 2.83. The second kappa shape index (κ2) is 8.33. The van der Waals surface area contributed by atoms with Crippen LogP contribution in [-0.2, 0) is 21.4 Å². The number of nitrogens with two attached hydrogens (primary N) is 1. The van der Waals surface area contributed by atoms with Crippen LogP contribution in [0.1, 0.15) is 37.8 Å². The highest BCUT2D eigenvalue weighted by molar-refractivity contribution is 7.89. The number of sulfonamides is 1. The quantitative estimate of drug-likeness (QED) is 0.776. The van der Waals surface area contributed by atoms with E-state index >= 15 is 0 Å². The molecular weight excluding hydrogens is 352 g/mol. The predicted octanol–water partition coefficient (Wildman–Crippen LogP) is 2.54. The number of rotatable bonds is 7. The van der Waals surface area contributed by atoms with Crippen LogP contribution in [0.5, 0.6) is 5.75 Å². The van der Waals surface area contributed by atoms with E-state index in [9.17, 15) is 13.2 Å². The Morgan fingerprint density at radius 1 is 1.04 bits per heavy atom. The Morgan fingerprint density at radius 3 is 2.12 bits per heavy atom. The average molecular weight is 376 g/mol. The minimum absolute atomic E-state index is 0.0362. The maximum absolute atomic E-state index is 12.2. The zero-order chi connectivity index (χ0) is 19.3. The van der Waals surface area contributed by atoms with Gasteiger partial charge in [-0.25, -0.2) is 13.6 Å². The maximum atomic E-state index is 12.2. The van der Waals surface area contributed by atoms with Crippen molar-refractivity contribution in [1.82, 2.24) is 5.32 Å².